The number of aryl methyl sites for hydroxylation is 2. The summed E-state index contributed by atoms with van der Waals surface area (Å²) in [6.45, 7) is 7.24. The second-order valence-electron chi connectivity index (χ2n) is 7.02. The lowest BCUT2D eigenvalue weighted by molar-refractivity contribution is 0.0270. The van der Waals surface area contributed by atoms with Gasteiger partial charge in [0.1, 0.15) is 5.82 Å². The van der Waals surface area contributed by atoms with Gasteiger partial charge in [-0.15, -0.1) is 0 Å². The number of aromatic nitrogens is 3. The van der Waals surface area contributed by atoms with Crippen LogP contribution < -0.4 is 10.2 Å². The third-order valence-electron chi connectivity index (χ3n) is 5.13. The molecule has 0 spiro atoms. The summed E-state index contributed by atoms with van der Waals surface area (Å²) < 4.78 is 5.88. The molecular weight excluding hydrogens is 398 g/mol. The molecule has 2 unspecified atom stereocenters. The van der Waals surface area contributed by atoms with Crippen LogP contribution in [0.3, 0.4) is 0 Å². The number of imidazole rings is 1. The van der Waals surface area contributed by atoms with Crippen LogP contribution in [-0.4, -0.2) is 63.8 Å². The van der Waals surface area contributed by atoms with Crippen LogP contribution in [0.5, 0.6) is 0 Å². The van der Waals surface area contributed by atoms with Crippen LogP contribution in [0, 0.1) is 6.92 Å². The third-order valence-corrected chi connectivity index (χ3v) is 5.44. The van der Waals surface area contributed by atoms with Crippen molar-refractivity contribution in [2.24, 2.45) is 0 Å². The van der Waals surface area contributed by atoms with Crippen LogP contribution >= 0.6 is 11.6 Å². The van der Waals surface area contributed by atoms with E-state index in [2.05, 4.69) is 20.3 Å². The number of halogens is 1. The van der Waals surface area contributed by atoms with E-state index in [-0.39, 0.29) is 29.4 Å². The average molecular weight is 424 g/mol. The Morgan fingerprint density at radius 3 is 2.76 bits per heavy atom. The van der Waals surface area contributed by atoms with E-state index in [1.54, 1.807) is 13.0 Å². The van der Waals surface area contributed by atoms with Gasteiger partial charge in [-0.25, -0.2) is 9.78 Å². The number of carbonyl (C=O) groups is 2. The zero-order valence-corrected chi connectivity index (χ0v) is 17.5. The molecule has 4 N–H and O–H groups in total. The second kappa shape index (κ2) is 8.87. The fourth-order valence-electron chi connectivity index (χ4n) is 3.58. The number of hydrogen-bond donors (Lipinski definition) is 4. The second-order valence-corrected chi connectivity index (χ2v) is 7.37. The molecule has 3 rings (SSSR count). The van der Waals surface area contributed by atoms with Crippen molar-refractivity contribution < 1.29 is 19.4 Å². The lowest BCUT2D eigenvalue weighted by Gasteiger charge is -2.39. The quantitative estimate of drug-likeness (QED) is 0.542. The number of carboxylic acid groups (broad SMARTS) is 1. The number of aromatic carboxylic acids is 1. The Labute approximate surface area is 173 Å². The lowest BCUT2D eigenvalue weighted by atomic mass is 10.0. The highest BCUT2D eigenvalue weighted by atomic mass is 35.5. The number of aromatic amines is 2. The summed E-state index contributed by atoms with van der Waals surface area (Å²) in [7, 11) is 0. The molecule has 0 saturated carbocycles. The summed E-state index contributed by atoms with van der Waals surface area (Å²) in [5.74, 6) is -0.355. The van der Waals surface area contributed by atoms with Gasteiger partial charge < -0.3 is 30.0 Å². The normalized spacial score (nSPS) is 19.4. The van der Waals surface area contributed by atoms with E-state index in [4.69, 9.17) is 16.3 Å². The summed E-state index contributed by atoms with van der Waals surface area (Å²) in [5.41, 5.74) is 1.59. The number of amides is 1. The summed E-state index contributed by atoms with van der Waals surface area (Å²) in [6, 6.07) is 1.44. The van der Waals surface area contributed by atoms with Crippen LogP contribution in [0.4, 0.5) is 5.82 Å². The van der Waals surface area contributed by atoms with Gasteiger partial charge in [0.15, 0.2) is 11.0 Å². The minimum atomic E-state index is -0.961. The van der Waals surface area contributed by atoms with E-state index < -0.39 is 5.97 Å². The molecule has 0 aromatic carbocycles. The van der Waals surface area contributed by atoms with E-state index in [1.807, 2.05) is 18.7 Å². The molecule has 2 aromatic rings. The van der Waals surface area contributed by atoms with Crippen LogP contribution in [-0.2, 0) is 11.2 Å². The first kappa shape index (κ1) is 21.2. The highest BCUT2D eigenvalue weighted by molar-refractivity contribution is 6.30. The molecule has 2 aromatic heterocycles. The van der Waals surface area contributed by atoms with Crippen molar-refractivity contribution in [3.63, 3.8) is 0 Å². The number of nitrogens with zero attached hydrogens (tertiary/aromatic N) is 2. The van der Waals surface area contributed by atoms with Gasteiger partial charge in [-0.3, -0.25) is 4.79 Å². The van der Waals surface area contributed by atoms with Crippen LogP contribution in [0.1, 0.15) is 52.6 Å². The first-order chi connectivity index (χ1) is 13.8. The Balaban J connectivity index is 1.70. The number of H-pyrrole nitrogens is 2. The molecular formula is C19H26ClN5O4. The largest absolute Gasteiger partial charge is 0.478 e. The van der Waals surface area contributed by atoms with Gasteiger partial charge >= 0.3 is 5.97 Å². The van der Waals surface area contributed by atoms with Gasteiger partial charge in [-0.1, -0.05) is 18.5 Å². The molecule has 1 fully saturated rings. The molecule has 1 amide bonds. The fraction of sp³-hybridized carbons (Fsp3) is 0.526. The third kappa shape index (κ3) is 4.56. The molecule has 2 atom stereocenters. The number of hydrogen-bond acceptors (Lipinski definition) is 5. The Kier molecular flexibility index (Phi) is 6.49. The maximum Gasteiger partial charge on any atom is 0.337 e. The number of anilines is 1. The van der Waals surface area contributed by atoms with Crippen LogP contribution in [0.2, 0.25) is 5.15 Å². The number of carboxylic acids is 1. The van der Waals surface area contributed by atoms with Gasteiger partial charge in [0.25, 0.3) is 5.91 Å². The highest BCUT2D eigenvalue weighted by Crippen LogP contribution is 2.24. The molecule has 0 aliphatic carbocycles. The maximum atomic E-state index is 12.6. The SMILES string of the molecule is CCOC1CN(c2cc(C(=O)O)c(C)[nH]2)CCC1NC(=O)c1nc(Cl)c(CC)[nH]1. The predicted octanol–water partition coefficient (Wildman–Crippen LogP) is 2.37. The molecule has 1 saturated heterocycles. The fourth-order valence-corrected chi connectivity index (χ4v) is 3.85. The highest BCUT2D eigenvalue weighted by Gasteiger charge is 2.33. The van der Waals surface area contributed by atoms with Gasteiger partial charge in [-0.05, 0) is 32.8 Å². The standard InChI is InChI=1S/C19H26ClN5O4/c1-4-12-16(20)24-17(22-12)18(26)23-13-6-7-25(9-14(13)29-5-2)15-8-11(19(27)28)10(3)21-15/h8,13-14,21H,4-7,9H2,1-3H3,(H,22,24)(H,23,26)(H,27,28). The minimum absolute atomic E-state index is 0.190. The summed E-state index contributed by atoms with van der Waals surface area (Å²) in [5, 5.41) is 12.6. The first-order valence-electron chi connectivity index (χ1n) is 9.68. The van der Waals surface area contributed by atoms with Gasteiger partial charge in [0.05, 0.1) is 23.4 Å². The van der Waals surface area contributed by atoms with Crippen molar-refractivity contribution in [3.05, 3.63) is 34.0 Å². The Bertz CT molecular complexity index is 893. The lowest BCUT2D eigenvalue weighted by Crippen LogP contribution is -2.55. The van der Waals surface area contributed by atoms with Gasteiger partial charge in [0.2, 0.25) is 0 Å². The molecule has 1 aliphatic rings. The number of carbonyl (C=O) groups excluding carboxylic acids is 1. The zero-order chi connectivity index (χ0) is 21.1. The Morgan fingerprint density at radius 1 is 1.41 bits per heavy atom. The molecule has 158 valence electrons. The van der Waals surface area contributed by atoms with Crippen molar-refractivity contribution in [1.82, 2.24) is 20.3 Å². The van der Waals surface area contributed by atoms with Gasteiger partial charge in [0, 0.05) is 25.4 Å². The van der Waals surface area contributed by atoms with Crippen LogP contribution in [0.15, 0.2) is 6.07 Å². The minimum Gasteiger partial charge on any atom is -0.478 e. The number of rotatable bonds is 7. The topological polar surface area (TPSA) is 123 Å². The summed E-state index contributed by atoms with van der Waals surface area (Å²) in [6.07, 6.45) is 1.06. The molecule has 9 nitrogen and oxygen atoms in total. The molecule has 0 radical (unpaired) electrons. The summed E-state index contributed by atoms with van der Waals surface area (Å²) >= 11 is 6.04. The number of nitrogens with one attached hydrogen (secondary N) is 3. The average Bonchev–Trinajstić information content (AvgIpc) is 3.26. The first-order valence-corrected chi connectivity index (χ1v) is 10.1. The zero-order valence-electron chi connectivity index (χ0n) is 16.7. The molecule has 1 aliphatic heterocycles. The smallest absolute Gasteiger partial charge is 0.337 e. The number of ether oxygens (including phenoxy) is 1. The Morgan fingerprint density at radius 2 is 2.17 bits per heavy atom. The molecule has 29 heavy (non-hydrogen) atoms. The van der Waals surface area contributed by atoms with Crippen molar-refractivity contribution in [1.29, 1.82) is 0 Å². The van der Waals surface area contributed by atoms with Crippen molar-refractivity contribution in [2.45, 2.75) is 45.8 Å². The Hall–Kier alpha value is -2.52. The van der Waals surface area contributed by atoms with E-state index in [0.29, 0.717) is 43.4 Å². The monoisotopic (exact) mass is 423 g/mol. The van der Waals surface area contributed by atoms with E-state index in [1.165, 1.54) is 0 Å². The van der Waals surface area contributed by atoms with Gasteiger partial charge in [-0.2, -0.15) is 0 Å². The van der Waals surface area contributed by atoms with Crippen molar-refractivity contribution >= 4 is 29.3 Å². The van der Waals surface area contributed by atoms with E-state index in [9.17, 15) is 14.7 Å². The number of piperidine rings is 1. The molecule has 0 bridgehead atoms. The summed E-state index contributed by atoms with van der Waals surface area (Å²) in [4.78, 5) is 36.1. The van der Waals surface area contributed by atoms with Crippen molar-refractivity contribution in [2.75, 3.05) is 24.6 Å². The maximum absolute atomic E-state index is 12.6. The van der Waals surface area contributed by atoms with Crippen molar-refractivity contribution in [3.8, 4) is 0 Å². The molecule has 3 heterocycles. The molecule has 10 heteroatoms. The van der Waals surface area contributed by atoms with Crippen LogP contribution in [0.25, 0.3) is 0 Å². The predicted molar refractivity (Wildman–Crippen MR) is 109 cm³/mol. The van der Waals surface area contributed by atoms with E-state index >= 15 is 0 Å². The van der Waals surface area contributed by atoms with E-state index in [0.717, 1.165) is 11.5 Å².